The van der Waals surface area contributed by atoms with Crippen molar-refractivity contribution in [3.05, 3.63) is 57.6 Å². The number of aryl methyl sites for hydroxylation is 1. The maximum atomic E-state index is 13.9. The maximum absolute atomic E-state index is 13.9. The Labute approximate surface area is 224 Å². The molecule has 1 aliphatic rings. The Morgan fingerprint density at radius 1 is 1.00 bits per heavy atom. The molecule has 1 N–H and O–H groups in total. The Balaban J connectivity index is 1.96. The fourth-order valence-electron chi connectivity index (χ4n) is 4.84. The van der Waals surface area contributed by atoms with Gasteiger partial charge in [0.05, 0.1) is 43.5 Å². The van der Waals surface area contributed by atoms with E-state index in [1.54, 1.807) is 31.3 Å². The van der Waals surface area contributed by atoms with Crippen LogP contribution in [0.15, 0.2) is 40.9 Å². The number of piperazine rings is 1. The summed E-state index contributed by atoms with van der Waals surface area (Å²) in [5.74, 6) is 0.193. The number of aliphatic hydroxyl groups excluding tert-OH is 1. The second-order valence-electron chi connectivity index (χ2n) is 8.94. The number of carbonyl (C=O) groups is 2. The van der Waals surface area contributed by atoms with Gasteiger partial charge in [-0.2, -0.15) is 0 Å². The number of β-amino-alcohol motifs (C(OH)–C–C–N with tert-alkyl or cyclic N) is 1. The van der Waals surface area contributed by atoms with E-state index in [2.05, 4.69) is 20.8 Å². The summed E-state index contributed by atoms with van der Waals surface area (Å²) in [4.78, 5) is 31.1. The Hall–Kier alpha value is -3.14. The van der Waals surface area contributed by atoms with Gasteiger partial charge in [-0.05, 0) is 57.4 Å². The van der Waals surface area contributed by atoms with Crippen LogP contribution in [0.2, 0.25) is 0 Å². The molecular weight excluding hydrogens is 540 g/mol. The first kappa shape index (κ1) is 26.9. The van der Waals surface area contributed by atoms with Gasteiger partial charge < -0.3 is 24.2 Å². The Bertz CT molecular complexity index is 1330. The number of fused-ring (bicyclic) bond motifs is 1. The van der Waals surface area contributed by atoms with Crippen molar-refractivity contribution in [3.63, 3.8) is 0 Å². The van der Waals surface area contributed by atoms with Gasteiger partial charge >= 0.3 is 5.97 Å². The minimum atomic E-state index is -0.591. The number of carbonyl (C=O) groups excluding carboxylic acids is 2. The molecule has 1 saturated heterocycles. The smallest absolute Gasteiger partial charge is 0.339 e. The van der Waals surface area contributed by atoms with E-state index in [1.807, 2.05) is 31.2 Å². The van der Waals surface area contributed by atoms with Gasteiger partial charge in [0.2, 0.25) is 0 Å². The second-order valence-corrected chi connectivity index (χ2v) is 9.80. The first-order chi connectivity index (χ1) is 17.8. The summed E-state index contributed by atoms with van der Waals surface area (Å²) in [6.07, 6.45) is 0. The summed E-state index contributed by atoms with van der Waals surface area (Å²) in [6.45, 7) is 4.95. The topological polar surface area (TPSA) is 88.5 Å². The van der Waals surface area contributed by atoms with E-state index in [9.17, 15) is 14.7 Å². The molecule has 4 rings (SSSR count). The van der Waals surface area contributed by atoms with E-state index >= 15 is 0 Å². The third kappa shape index (κ3) is 5.30. The molecule has 1 heterocycles. The standard InChI is InChI=1S/C28H31BrN2O6/c1-17-5-6-18-14-21(27(33)31-9-7-30(8-10-31)11-12-32)25(28(34)37-4)24(20(18)13-17)19-15-22(29)26(36-3)23(16-19)35-2/h5-6,13-16,32H,7-12H2,1-4H3. The summed E-state index contributed by atoms with van der Waals surface area (Å²) in [6, 6.07) is 11.4. The molecule has 0 atom stereocenters. The maximum Gasteiger partial charge on any atom is 0.339 e. The lowest BCUT2D eigenvalue weighted by Gasteiger charge is -2.34. The third-order valence-electron chi connectivity index (χ3n) is 6.72. The van der Waals surface area contributed by atoms with Crippen LogP contribution in [-0.4, -0.2) is 87.4 Å². The fraction of sp³-hybridized carbons (Fsp3) is 0.357. The lowest BCUT2D eigenvalue weighted by atomic mass is 9.88. The van der Waals surface area contributed by atoms with Gasteiger partial charge in [-0.25, -0.2) is 4.79 Å². The van der Waals surface area contributed by atoms with E-state index in [0.717, 1.165) is 16.3 Å². The molecule has 9 heteroatoms. The number of rotatable bonds is 7. The van der Waals surface area contributed by atoms with Crippen LogP contribution >= 0.6 is 15.9 Å². The molecule has 196 valence electrons. The number of amides is 1. The van der Waals surface area contributed by atoms with Gasteiger partial charge in [-0.3, -0.25) is 9.69 Å². The van der Waals surface area contributed by atoms with Crippen LogP contribution in [-0.2, 0) is 4.74 Å². The lowest BCUT2D eigenvalue weighted by molar-refractivity contribution is 0.0567. The van der Waals surface area contributed by atoms with E-state index in [-0.39, 0.29) is 18.1 Å². The molecule has 0 radical (unpaired) electrons. The highest BCUT2D eigenvalue weighted by Gasteiger charge is 2.30. The summed E-state index contributed by atoms with van der Waals surface area (Å²) < 4.78 is 16.9. The van der Waals surface area contributed by atoms with E-state index in [1.165, 1.54) is 7.11 Å². The molecule has 3 aromatic rings. The zero-order valence-electron chi connectivity index (χ0n) is 21.5. The third-order valence-corrected chi connectivity index (χ3v) is 7.30. The second kappa shape index (κ2) is 11.5. The Morgan fingerprint density at radius 3 is 2.35 bits per heavy atom. The van der Waals surface area contributed by atoms with Crippen molar-refractivity contribution in [2.24, 2.45) is 0 Å². The van der Waals surface area contributed by atoms with Crippen molar-refractivity contribution in [2.45, 2.75) is 6.92 Å². The molecule has 8 nitrogen and oxygen atoms in total. The van der Waals surface area contributed by atoms with Gasteiger partial charge in [0, 0.05) is 38.3 Å². The molecule has 0 aliphatic carbocycles. The predicted octanol–water partition coefficient (Wildman–Crippen LogP) is 4.13. The average molecular weight is 571 g/mol. The molecule has 1 fully saturated rings. The number of aliphatic hydroxyl groups is 1. The molecule has 3 aromatic carbocycles. The first-order valence-electron chi connectivity index (χ1n) is 12.0. The first-order valence-corrected chi connectivity index (χ1v) is 12.8. The van der Waals surface area contributed by atoms with Crippen molar-refractivity contribution in [2.75, 3.05) is 60.7 Å². The number of hydrogen-bond donors (Lipinski definition) is 1. The van der Waals surface area contributed by atoms with Gasteiger partial charge in [0.25, 0.3) is 5.91 Å². The molecule has 1 aliphatic heterocycles. The number of ether oxygens (including phenoxy) is 3. The quantitative estimate of drug-likeness (QED) is 0.427. The van der Waals surface area contributed by atoms with Crippen LogP contribution in [0, 0.1) is 6.92 Å². The number of esters is 1. The summed E-state index contributed by atoms with van der Waals surface area (Å²) in [5, 5.41) is 10.9. The number of halogens is 1. The highest BCUT2D eigenvalue weighted by atomic mass is 79.9. The highest BCUT2D eigenvalue weighted by molar-refractivity contribution is 9.10. The Morgan fingerprint density at radius 2 is 1.73 bits per heavy atom. The minimum absolute atomic E-state index is 0.0781. The molecule has 1 amide bonds. The van der Waals surface area contributed by atoms with E-state index in [0.29, 0.717) is 65.4 Å². The number of hydrogen-bond acceptors (Lipinski definition) is 7. The fourth-order valence-corrected chi connectivity index (χ4v) is 5.44. The SMILES string of the molecule is COC(=O)c1c(C(=O)N2CCN(CCO)CC2)cc2ccc(C)cc2c1-c1cc(Br)c(OC)c(OC)c1. The molecule has 0 spiro atoms. The molecule has 0 saturated carbocycles. The van der Waals surface area contributed by atoms with E-state index < -0.39 is 5.97 Å². The van der Waals surface area contributed by atoms with E-state index in [4.69, 9.17) is 14.2 Å². The normalized spacial score (nSPS) is 14.1. The molecule has 37 heavy (non-hydrogen) atoms. The molecule has 0 aromatic heterocycles. The molecular formula is C28H31BrN2O6. The summed E-state index contributed by atoms with van der Waals surface area (Å²) in [5.41, 5.74) is 2.80. The largest absolute Gasteiger partial charge is 0.493 e. The average Bonchev–Trinajstić information content (AvgIpc) is 2.91. The van der Waals surface area contributed by atoms with Crippen molar-refractivity contribution < 1.29 is 28.9 Å². The van der Waals surface area contributed by atoms with Crippen LogP contribution in [0.1, 0.15) is 26.3 Å². The Kier molecular flexibility index (Phi) is 8.36. The zero-order valence-corrected chi connectivity index (χ0v) is 23.1. The van der Waals surface area contributed by atoms with Crippen molar-refractivity contribution in [3.8, 4) is 22.6 Å². The number of benzene rings is 3. The highest BCUT2D eigenvalue weighted by Crippen LogP contribution is 2.43. The van der Waals surface area contributed by atoms with Gasteiger partial charge in [-0.15, -0.1) is 0 Å². The monoisotopic (exact) mass is 570 g/mol. The number of methoxy groups -OCH3 is 3. The van der Waals surface area contributed by atoms with Gasteiger partial charge in [0.1, 0.15) is 0 Å². The molecule has 0 unspecified atom stereocenters. The minimum Gasteiger partial charge on any atom is -0.493 e. The van der Waals surface area contributed by atoms with Gasteiger partial charge in [0.15, 0.2) is 11.5 Å². The van der Waals surface area contributed by atoms with Gasteiger partial charge in [-0.1, -0.05) is 23.8 Å². The summed E-state index contributed by atoms with van der Waals surface area (Å²) in [7, 11) is 4.42. The van der Waals surface area contributed by atoms with Crippen LogP contribution < -0.4 is 9.47 Å². The lowest BCUT2D eigenvalue weighted by Crippen LogP contribution is -2.49. The van der Waals surface area contributed by atoms with Crippen LogP contribution in [0.25, 0.3) is 21.9 Å². The van der Waals surface area contributed by atoms with Crippen molar-refractivity contribution in [1.29, 1.82) is 0 Å². The van der Waals surface area contributed by atoms with Crippen molar-refractivity contribution >= 4 is 38.6 Å². The zero-order chi connectivity index (χ0) is 26.7. The van der Waals surface area contributed by atoms with Crippen LogP contribution in [0.5, 0.6) is 11.5 Å². The van der Waals surface area contributed by atoms with Crippen LogP contribution in [0.3, 0.4) is 0 Å². The number of nitrogens with zero attached hydrogens (tertiary/aromatic N) is 2. The molecule has 0 bridgehead atoms. The van der Waals surface area contributed by atoms with Crippen molar-refractivity contribution in [1.82, 2.24) is 9.80 Å². The summed E-state index contributed by atoms with van der Waals surface area (Å²) >= 11 is 3.56. The predicted molar refractivity (Wildman–Crippen MR) is 146 cm³/mol. The van der Waals surface area contributed by atoms with Crippen LogP contribution in [0.4, 0.5) is 0 Å².